The SMILES string of the molecule is CN(C)[C@H](CNC(=O)NCCc1ccccc1)Cc1csc2ccccc12. The molecular formula is C22H27N3OS. The van der Waals surface area contributed by atoms with Gasteiger partial charge in [-0.2, -0.15) is 0 Å². The van der Waals surface area contributed by atoms with Crippen molar-refractivity contribution in [1.29, 1.82) is 0 Å². The Morgan fingerprint density at radius 1 is 1.04 bits per heavy atom. The number of nitrogens with zero attached hydrogens (tertiary/aromatic N) is 1. The fourth-order valence-corrected chi connectivity index (χ4v) is 4.10. The third kappa shape index (κ3) is 5.55. The van der Waals surface area contributed by atoms with Gasteiger partial charge in [0.25, 0.3) is 0 Å². The largest absolute Gasteiger partial charge is 0.338 e. The fraction of sp³-hybridized carbons (Fsp3) is 0.318. The third-order valence-electron chi connectivity index (χ3n) is 4.79. The van der Waals surface area contributed by atoms with E-state index in [0.717, 1.165) is 12.8 Å². The van der Waals surface area contributed by atoms with Gasteiger partial charge in [-0.1, -0.05) is 48.5 Å². The average molecular weight is 382 g/mol. The Morgan fingerprint density at radius 3 is 2.56 bits per heavy atom. The first-order valence-corrected chi connectivity index (χ1v) is 10.2. The summed E-state index contributed by atoms with van der Waals surface area (Å²) in [4.78, 5) is 14.3. The summed E-state index contributed by atoms with van der Waals surface area (Å²) in [5, 5.41) is 9.53. The van der Waals surface area contributed by atoms with Crippen molar-refractivity contribution >= 4 is 27.5 Å². The molecular weight excluding hydrogens is 354 g/mol. The number of hydrogen-bond acceptors (Lipinski definition) is 3. The van der Waals surface area contributed by atoms with E-state index < -0.39 is 0 Å². The molecule has 0 aliphatic rings. The molecule has 1 aromatic heterocycles. The number of fused-ring (bicyclic) bond motifs is 1. The molecule has 4 nitrogen and oxygen atoms in total. The van der Waals surface area contributed by atoms with Crippen molar-refractivity contribution in [1.82, 2.24) is 15.5 Å². The second-order valence-corrected chi connectivity index (χ2v) is 7.86. The predicted molar refractivity (Wildman–Crippen MR) is 115 cm³/mol. The van der Waals surface area contributed by atoms with Crippen LogP contribution in [0.4, 0.5) is 4.79 Å². The summed E-state index contributed by atoms with van der Waals surface area (Å²) < 4.78 is 1.32. The van der Waals surface area contributed by atoms with Gasteiger partial charge in [-0.25, -0.2) is 4.79 Å². The molecule has 0 saturated carbocycles. The monoisotopic (exact) mass is 381 g/mol. The second-order valence-electron chi connectivity index (χ2n) is 6.95. The van der Waals surface area contributed by atoms with Crippen LogP contribution in [0, 0.1) is 0 Å². The highest BCUT2D eigenvalue weighted by Crippen LogP contribution is 2.26. The Kier molecular flexibility index (Phi) is 6.85. The van der Waals surface area contributed by atoms with Gasteiger partial charge in [0.2, 0.25) is 0 Å². The van der Waals surface area contributed by atoms with Gasteiger partial charge >= 0.3 is 6.03 Å². The zero-order chi connectivity index (χ0) is 19.1. The first kappa shape index (κ1) is 19.4. The van der Waals surface area contributed by atoms with Crippen LogP contribution in [0.25, 0.3) is 10.1 Å². The molecule has 0 spiro atoms. The van der Waals surface area contributed by atoms with Gasteiger partial charge in [-0.15, -0.1) is 11.3 Å². The molecule has 2 aromatic carbocycles. The number of nitrogens with one attached hydrogen (secondary N) is 2. The minimum absolute atomic E-state index is 0.104. The summed E-state index contributed by atoms with van der Waals surface area (Å²) in [7, 11) is 4.13. The minimum Gasteiger partial charge on any atom is -0.338 e. The van der Waals surface area contributed by atoms with Gasteiger partial charge < -0.3 is 15.5 Å². The van der Waals surface area contributed by atoms with Crippen LogP contribution in [0.1, 0.15) is 11.1 Å². The maximum Gasteiger partial charge on any atom is 0.314 e. The number of rotatable bonds is 8. The maximum atomic E-state index is 12.1. The number of hydrogen-bond donors (Lipinski definition) is 2. The second kappa shape index (κ2) is 9.53. The Bertz CT molecular complexity index is 860. The lowest BCUT2D eigenvalue weighted by Crippen LogP contribution is -2.45. The summed E-state index contributed by atoms with van der Waals surface area (Å²) in [6, 6.07) is 18.8. The van der Waals surface area contributed by atoms with Crippen LogP contribution in [0.2, 0.25) is 0 Å². The Hall–Kier alpha value is -2.37. The number of amides is 2. The Labute approximate surface area is 165 Å². The van der Waals surface area contributed by atoms with E-state index in [4.69, 9.17) is 0 Å². The smallest absolute Gasteiger partial charge is 0.314 e. The summed E-state index contributed by atoms with van der Waals surface area (Å²) in [5.74, 6) is 0. The number of urea groups is 1. The van der Waals surface area contributed by atoms with E-state index in [0.29, 0.717) is 13.1 Å². The van der Waals surface area contributed by atoms with Crippen LogP contribution in [0.15, 0.2) is 60.0 Å². The van der Waals surface area contributed by atoms with Gasteiger partial charge in [0.1, 0.15) is 0 Å². The summed E-state index contributed by atoms with van der Waals surface area (Å²) in [6.45, 7) is 1.26. The van der Waals surface area contributed by atoms with Crippen LogP contribution < -0.4 is 10.6 Å². The lowest BCUT2D eigenvalue weighted by molar-refractivity contribution is 0.232. The highest BCUT2D eigenvalue weighted by Gasteiger charge is 2.16. The van der Waals surface area contributed by atoms with Crippen molar-refractivity contribution in [3.8, 4) is 0 Å². The molecule has 142 valence electrons. The van der Waals surface area contributed by atoms with Crippen molar-refractivity contribution in [2.45, 2.75) is 18.9 Å². The van der Waals surface area contributed by atoms with E-state index in [1.165, 1.54) is 21.2 Å². The molecule has 2 N–H and O–H groups in total. The summed E-state index contributed by atoms with van der Waals surface area (Å²) in [5.41, 5.74) is 2.58. The molecule has 3 rings (SSSR count). The molecule has 0 aliphatic heterocycles. The highest BCUT2D eigenvalue weighted by atomic mass is 32.1. The van der Waals surface area contributed by atoms with Gasteiger partial charge in [0.05, 0.1) is 0 Å². The fourth-order valence-electron chi connectivity index (χ4n) is 3.12. The van der Waals surface area contributed by atoms with E-state index in [2.05, 4.69) is 71.4 Å². The van der Waals surface area contributed by atoms with Crippen LogP contribution in [0.5, 0.6) is 0 Å². The zero-order valence-electron chi connectivity index (χ0n) is 15.9. The van der Waals surface area contributed by atoms with Gasteiger partial charge in [0.15, 0.2) is 0 Å². The first-order chi connectivity index (χ1) is 13.1. The average Bonchev–Trinajstić information content (AvgIpc) is 3.08. The standard InChI is InChI=1S/C22H27N3OS/c1-25(2)19(14-18-16-27-21-11-7-6-10-20(18)21)15-24-22(26)23-13-12-17-8-4-3-5-9-17/h3-11,16,19H,12-15H2,1-2H3,(H2,23,24,26)/t19-/m0/s1. The normalized spacial score (nSPS) is 12.3. The molecule has 2 amide bonds. The summed E-state index contributed by atoms with van der Waals surface area (Å²) >= 11 is 1.78. The Morgan fingerprint density at radius 2 is 1.78 bits per heavy atom. The van der Waals surface area contributed by atoms with E-state index in [1.54, 1.807) is 11.3 Å². The van der Waals surface area contributed by atoms with E-state index in [-0.39, 0.29) is 12.1 Å². The maximum absolute atomic E-state index is 12.1. The lowest BCUT2D eigenvalue weighted by atomic mass is 10.0. The van der Waals surface area contributed by atoms with E-state index >= 15 is 0 Å². The van der Waals surface area contributed by atoms with Crippen LogP contribution in [-0.4, -0.2) is 44.2 Å². The van der Waals surface area contributed by atoms with Crippen molar-refractivity contribution in [2.75, 3.05) is 27.2 Å². The molecule has 5 heteroatoms. The van der Waals surface area contributed by atoms with Gasteiger partial charge in [-0.05, 0) is 54.9 Å². The number of thiophene rings is 1. The first-order valence-electron chi connectivity index (χ1n) is 9.30. The van der Waals surface area contributed by atoms with Crippen molar-refractivity contribution in [3.05, 3.63) is 71.1 Å². The van der Waals surface area contributed by atoms with Crippen LogP contribution in [0.3, 0.4) is 0 Å². The van der Waals surface area contributed by atoms with Crippen LogP contribution >= 0.6 is 11.3 Å². The molecule has 1 heterocycles. The molecule has 1 atom stereocenters. The van der Waals surface area contributed by atoms with E-state index in [1.807, 2.05) is 18.2 Å². The number of carbonyl (C=O) groups is 1. The van der Waals surface area contributed by atoms with Crippen molar-refractivity contribution in [2.24, 2.45) is 0 Å². The van der Waals surface area contributed by atoms with Gasteiger partial charge in [-0.3, -0.25) is 0 Å². The Balaban J connectivity index is 1.48. The van der Waals surface area contributed by atoms with E-state index in [9.17, 15) is 4.79 Å². The molecule has 0 bridgehead atoms. The van der Waals surface area contributed by atoms with Crippen molar-refractivity contribution in [3.63, 3.8) is 0 Å². The number of likely N-dealkylation sites (N-methyl/N-ethyl adjacent to an activating group) is 1. The molecule has 27 heavy (non-hydrogen) atoms. The lowest BCUT2D eigenvalue weighted by Gasteiger charge is -2.24. The summed E-state index contributed by atoms with van der Waals surface area (Å²) in [6.07, 6.45) is 1.76. The minimum atomic E-state index is -0.104. The van der Waals surface area contributed by atoms with Crippen molar-refractivity contribution < 1.29 is 4.79 Å². The molecule has 3 aromatic rings. The molecule has 0 unspecified atom stereocenters. The third-order valence-corrected chi connectivity index (χ3v) is 5.80. The number of carbonyl (C=O) groups excluding carboxylic acids is 1. The molecule has 0 fully saturated rings. The number of benzene rings is 2. The van der Waals surface area contributed by atoms with Crippen LogP contribution in [-0.2, 0) is 12.8 Å². The van der Waals surface area contributed by atoms with Gasteiger partial charge in [0, 0.05) is 23.8 Å². The topological polar surface area (TPSA) is 44.4 Å². The molecule has 0 radical (unpaired) electrons. The zero-order valence-corrected chi connectivity index (χ0v) is 16.8. The predicted octanol–water partition coefficient (Wildman–Crippen LogP) is 3.92. The molecule has 0 aliphatic carbocycles. The molecule has 0 saturated heterocycles. The quantitative estimate of drug-likeness (QED) is 0.621. The highest BCUT2D eigenvalue weighted by molar-refractivity contribution is 7.17.